The number of rotatable bonds is 3. The summed E-state index contributed by atoms with van der Waals surface area (Å²) in [6.45, 7) is 0. The second-order valence-electron chi connectivity index (χ2n) is 13.9. The maximum Gasteiger partial charge on any atom is 0.143 e. The summed E-state index contributed by atoms with van der Waals surface area (Å²) in [6, 6.07) is 60.0. The van der Waals surface area contributed by atoms with Gasteiger partial charge in [0.05, 0.1) is 0 Å². The molecule has 3 nitrogen and oxygen atoms in total. The largest absolute Gasteiger partial charge is 0.456 e. The van der Waals surface area contributed by atoms with Crippen LogP contribution < -0.4 is 0 Å². The van der Waals surface area contributed by atoms with Crippen LogP contribution in [0.2, 0.25) is 0 Å². The molecule has 0 atom stereocenters. The third kappa shape index (κ3) is 4.05. The van der Waals surface area contributed by atoms with E-state index in [1.807, 2.05) is 30.3 Å². The summed E-state index contributed by atoms with van der Waals surface area (Å²) in [4.78, 5) is 0. The zero-order chi connectivity index (χ0) is 34.6. The molecular formula is C50H28O3. The van der Waals surface area contributed by atoms with E-state index in [9.17, 15) is 0 Å². The van der Waals surface area contributed by atoms with Crippen molar-refractivity contribution in [3.63, 3.8) is 0 Å². The van der Waals surface area contributed by atoms with Crippen LogP contribution in [0.25, 0.3) is 121 Å². The van der Waals surface area contributed by atoms with Crippen LogP contribution in [0.15, 0.2) is 183 Å². The van der Waals surface area contributed by atoms with Crippen molar-refractivity contribution in [2.24, 2.45) is 0 Å². The fourth-order valence-corrected chi connectivity index (χ4v) is 8.79. The van der Waals surface area contributed by atoms with E-state index in [1.54, 1.807) is 0 Å². The van der Waals surface area contributed by atoms with E-state index in [0.29, 0.717) is 0 Å². The number of hydrogen-bond donors (Lipinski definition) is 0. The highest BCUT2D eigenvalue weighted by Crippen LogP contribution is 2.47. The summed E-state index contributed by atoms with van der Waals surface area (Å²) in [5, 5.41) is 11.4. The lowest BCUT2D eigenvalue weighted by molar-refractivity contribution is 0.663. The van der Waals surface area contributed by atoms with Crippen molar-refractivity contribution < 1.29 is 13.3 Å². The first kappa shape index (κ1) is 28.6. The predicted octanol–water partition coefficient (Wildman–Crippen LogP) is 14.7. The second kappa shape index (κ2) is 10.7. The maximum atomic E-state index is 6.69. The average molecular weight is 677 g/mol. The standard InChI is InChI=1S/C50H28O3/c1-2-11-29(12-3-1)32-18-10-19-40-49-43(53-50(32)40)26-25-42-48(49)39-24-22-31(28-45(39)52-42)47-37-16-6-4-14-35(37)46(36-15-5-7-17-38(36)47)30-21-23-34-33-13-8-9-20-41(33)51-44(34)27-30/h1-28H. The zero-order valence-electron chi connectivity index (χ0n) is 28.4. The van der Waals surface area contributed by atoms with Crippen molar-refractivity contribution in [1.29, 1.82) is 0 Å². The van der Waals surface area contributed by atoms with Crippen molar-refractivity contribution in [3.05, 3.63) is 170 Å². The average Bonchev–Trinajstić information content (AvgIpc) is 3.90. The van der Waals surface area contributed by atoms with Gasteiger partial charge in [-0.05, 0) is 91.8 Å². The molecule has 0 saturated carbocycles. The number of furan rings is 3. The van der Waals surface area contributed by atoms with Gasteiger partial charge in [-0.2, -0.15) is 0 Å². The highest BCUT2D eigenvalue weighted by molar-refractivity contribution is 6.28. The van der Waals surface area contributed by atoms with Crippen LogP contribution >= 0.6 is 0 Å². The van der Waals surface area contributed by atoms with Crippen molar-refractivity contribution in [2.75, 3.05) is 0 Å². The van der Waals surface area contributed by atoms with Gasteiger partial charge < -0.3 is 13.3 Å². The molecule has 0 bridgehead atoms. The molecule has 0 aliphatic rings. The monoisotopic (exact) mass is 676 g/mol. The SMILES string of the molecule is c1ccc(-c2cccc3c2oc2ccc4oc5cc(-c6c7ccccc7c(-c7ccc8c(c7)oc7ccccc78)c7ccccc67)ccc5c4c23)cc1. The summed E-state index contributed by atoms with van der Waals surface area (Å²) in [5.74, 6) is 0. The smallest absolute Gasteiger partial charge is 0.143 e. The third-order valence-corrected chi connectivity index (χ3v) is 11.1. The predicted molar refractivity (Wildman–Crippen MR) is 220 cm³/mol. The lowest BCUT2D eigenvalue weighted by Gasteiger charge is -2.17. The van der Waals surface area contributed by atoms with Crippen LogP contribution in [0.3, 0.4) is 0 Å². The molecule has 0 radical (unpaired) electrons. The van der Waals surface area contributed by atoms with Crippen LogP contribution in [0.1, 0.15) is 0 Å². The van der Waals surface area contributed by atoms with E-state index in [4.69, 9.17) is 13.3 Å². The molecule has 3 heterocycles. The molecule has 246 valence electrons. The first-order chi connectivity index (χ1) is 26.3. The highest BCUT2D eigenvalue weighted by Gasteiger charge is 2.21. The number of fused-ring (bicyclic) bond motifs is 12. The minimum atomic E-state index is 0.850. The molecule has 0 unspecified atom stereocenters. The van der Waals surface area contributed by atoms with E-state index < -0.39 is 0 Å². The molecule has 53 heavy (non-hydrogen) atoms. The van der Waals surface area contributed by atoms with Crippen molar-refractivity contribution in [3.8, 4) is 33.4 Å². The Morgan fingerprint density at radius 2 is 0.755 bits per heavy atom. The van der Waals surface area contributed by atoms with Gasteiger partial charge in [0.25, 0.3) is 0 Å². The summed E-state index contributed by atoms with van der Waals surface area (Å²) in [7, 11) is 0. The lowest BCUT2D eigenvalue weighted by atomic mass is 9.85. The van der Waals surface area contributed by atoms with Gasteiger partial charge in [0, 0.05) is 37.9 Å². The molecule has 0 aliphatic carbocycles. The fourth-order valence-electron chi connectivity index (χ4n) is 8.79. The van der Waals surface area contributed by atoms with Crippen LogP contribution in [0.4, 0.5) is 0 Å². The summed E-state index contributed by atoms with van der Waals surface area (Å²) in [6.07, 6.45) is 0. The van der Waals surface area contributed by atoms with Crippen molar-refractivity contribution >= 4 is 87.4 Å². The summed E-state index contributed by atoms with van der Waals surface area (Å²) < 4.78 is 19.6. The minimum absolute atomic E-state index is 0.850. The van der Waals surface area contributed by atoms with Crippen LogP contribution in [0.5, 0.6) is 0 Å². The Bertz CT molecular complexity index is 3390. The number of benzene rings is 9. The molecule has 0 spiro atoms. The summed E-state index contributed by atoms with van der Waals surface area (Å²) >= 11 is 0. The molecule has 3 heteroatoms. The van der Waals surface area contributed by atoms with Crippen LogP contribution in [0, 0.1) is 0 Å². The van der Waals surface area contributed by atoms with Crippen LogP contribution in [-0.2, 0) is 0 Å². The number of para-hydroxylation sites is 2. The first-order valence-electron chi connectivity index (χ1n) is 18.0. The van der Waals surface area contributed by atoms with Gasteiger partial charge in [0.1, 0.15) is 33.5 Å². The Balaban J connectivity index is 1.09. The van der Waals surface area contributed by atoms with Gasteiger partial charge in [0.15, 0.2) is 0 Å². The Morgan fingerprint density at radius 1 is 0.264 bits per heavy atom. The number of hydrogen-bond acceptors (Lipinski definition) is 3. The zero-order valence-corrected chi connectivity index (χ0v) is 28.4. The first-order valence-corrected chi connectivity index (χ1v) is 18.0. The molecular weight excluding hydrogens is 649 g/mol. The molecule has 0 fully saturated rings. The quantitative estimate of drug-likeness (QED) is 0.175. The van der Waals surface area contributed by atoms with E-state index >= 15 is 0 Å². The lowest BCUT2D eigenvalue weighted by Crippen LogP contribution is -1.90. The molecule has 0 amide bonds. The van der Waals surface area contributed by atoms with E-state index in [1.165, 1.54) is 32.7 Å². The Labute approximate surface area is 302 Å². The van der Waals surface area contributed by atoms with Gasteiger partial charge in [-0.3, -0.25) is 0 Å². The van der Waals surface area contributed by atoms with E-state index in [0.717, 1.165) is 88.1 Å². The van der Waals surface area contributed by atoms with Gasteiger partial charge in [-0.15, -0.1) is 0 Å². The normalized spacial score (nSPS) is 12.2. The highest BCUT2D eigenvalue weighted by atomic mass is 16.3. The molecule has 0 aliphatic heterocycles. The van der Waals surface area contributed by atoms with Gasteiger partial charge in [-0.25, -0.2) is 0 Å². The van der Waals surface area contributed by atoms with Crippen LogP contribution in [-0.4, -0.2) is 0 Å². The fraction of sp³-hybridized carbons (Fsp3) is 0. The Morgan fingerprint density at radius 3 is 1.43 bits per heavy atom. The molecule has 0 N–H and O–H groups in total. The second-order valence-corrected chi connectivity index (χ2v) is 13.9. The van der Waals surface area contributed by atoms with Gasteiger partial charge in [0.2, 0.25) is 0 Å². The maximum absolute atomic E-state index is 6.69. The minimum Gasteiger partial charge on any atom is -0.456 e. The Hall–Kier alpha value is -7.10. The molecule has 0 saturated heterocycles. The molecule has 3 aromatic heterocycles. The van der Waals surface area contributed by atoms with Crippen molar-refractivity contribution in [2.45, 2.75) is 0 Å². The van der Waals surface area contributed by atoms with Gasteiger partial charge in [-0.1, -0.05) is 127 Å². The molecule has 9 aromatic carbocycles. The van der Waals surface area contributed by atoms with E-state index in [2.05, 4.69) is 140 Å². The summed E-state index contributed by atoms with van der Waals surface area (Å²) in [5.41, 5.74) is 12.1. The van der Waals surface area contributed by atoms with Gasteiger partial charge >= 0.3 is 0 Å². The van der Waals surface area contributed by atoms with Crippen molar-refractivity contribution in [1.82, 2.24) is 0 Å². The topological polar surface area (TPSA) is 39.4 Å². The van der Waals surface area contributed by atoms with E-state index in [-0.39, 0.29) is 0 Å². The third-order valence-electron chi connectivity index (χ3n) is 11.1. The molecule has 12 aromatic rings. The molecule has 12 rings (SSSR count). The Kier molecular flexibility index (Phi) is 5.77.